The van der Waals surface area contributed by atoms with E-state index in [9.17, 15) is 13.6 Å². The molecule has 3 aromatic rings. The molecular weight excluding hydrogens is 404 g/mol. The van der Waals surface area contributed by atoms with Crippen molar-refractivity contribution in [3.8, 4) is 11.6 Å². The molecule has 0 spiro atoms. The van der Waals surface area contributed by atoms with Crippen LogP contribution in [0.15, 0.2) is 48.9 Å². The number of piperidine rings is 1. The third-order valence-corrected chi connectivity index (χ3v) is 5.58. The zero-order valence-corrected chi connectivity index (χ0v) is 17.1. The standard InChI is InChI=1S/C22H23F2N5O2/c1-2-18-15(14-31-20-9-8-16(23)13-25-20)5-4-12-28(18)22(30)21-17(24)6-3-7-19(21)29-26-10-11-27-29/h3,6-11,13,15,18H,2,4-5,12,14H2,1H3. The van der Waals surface area contributed by atoms with Crippen molar-refractivity contribution in [1.82, 2.24) is 24.9 Å². The van der Waals surface area contributed by atoms with Crippen LogP contribution in [0, 0.1) is 17.6 Å². The third kappa shape index (κ3) is 4.40. The largest absolute Gasteiger partial charge is 0.477 e. The van der Waals surface area contributed by atoms with Crippen LogP contribution in [0.5, 0.6) is 5.88 Å². The second-order valence-electron chi connectivity index (χ2n) is 7.45. The van der Waals surface area contributed by atoms with E-state index in [-0.39, 0.29) is 23.4 Å². The van der Waals surface area contributed by atoms with Gasteiger partial charge in [0.1, 0.15) is 22.9 Å². The van der Waals surface area contributed by atoms with E-state index in [1.165, 1.54) is 41.5 Å². The van der Waals surface area contributed by atoms with Gasteiger partial charge in [0.25, 0.3) is 5.91 Å². The Morgan fingerprint density at radius 1 is 1.19 bits per heavy atom. The minimum atomic E-state index is -0.608. The van der Waals surface area contributed by atoms with Gasteiger partial charge in [-0.1, -0.05) is 13.0 Å². The van der Waals surface area contributed by atoms with Crippen molar-refractivity contribution in [2.24, 2.45) is 5.92 Å². The molecule has 2 unspecified atom stereocenters. The number of carbonyl (C=O) groups excluding carboxylic acids is 1. The van der Waals surface area contributed by atoms with Crippen LogP contribution in [0.4, 0.5) is 8.78 Å². The number of aromatic nitrogens is 4. The molecule has 1 saturated heterocycles. The van der Waals surface area contributed by atoms with Crippen molar-refractivity contribution in [2.75, 3.05) is 13.2 Å². The highest BCUT2D eigenvalue weighted by atomic mass is 19.1. The van der Waals surface area contributed by atoms with Crippen LogP contribution in [0.1, 0.15) is 36.5 Å². The Kier molecular flexibility index (Phi) is 6.20. The molecule has 0 saturated carbocycles. The van der Waals surface area contributed by atoms with E-state index in [0.29, 0.717) is 31.1 Å². The van der Waals surface area contributed by atoms with Crippen molar-refractivity contribution < 1.29 is 18.3 Å². The van der Waals surface area contributed by atoms with Crippen molar-refractivity contribution in [3.05, 3.63) is 66.1 Å². The molecule has 9 heteroatoms. The van der Waals surface area contributed by atoms with E-state index < -0.39 is 11.6 Å². The van der Waals surface area contributed by atoms with Gasteiger partial charge in [-0.3, -0.25) is 4.79 Å². The van der Waals surface area contributed by atoms with Gasteiger partial charge in [0.05, 0.1) is 25.2 Å². The number of pyridine rings is 1. The molecule has 2 atom stereocenters. The summed E-state index contributed by atoms with van der Waals surface area (Å²) in [6, 6.07) is 7.07. The number of ether oxygens (including phenoxy) is 1. The second-order valence-corrected chi connectivity index (χ2v) is 7.45. The van der Waals surface area contributed by atoms with Crippen molar-refractivity contribution in [2.45, 2.75) is 32.2 Å². The number of benzene rings is 1. The molecule has 7 nitrogen and oxygen atoms in total. The first-order chi connectivity index (χ1) is 15.1. The molecule has 4 rings (SSSR count). The Morgan fingerprint density at radius 3 is 2.71 bits per heavy atom. The van der Waals surface area contributed by atoms with E-state index in [4.69, 9.17) is 4.74 Å². The van der Waals surface area contributed by atoms with Crippen LogP contribution in [0.25, 0.3) is 5.69 Å². The minimum absolute atomic E-state index is 0.0427. The van der Waals surface area contributed by atoms with E-state index in [1.807, 2.05) is 6.92 Å². The van der Waals surface area contributed by atoms with E-state index >= 15 is 0 Å². The lowest BCUT2D eigenvalue weighted by Crippen LogP contribution is -2.50. The van der Waals surface area contributed by atoms with Crippen LogP contribution in [0.3, 0.4) is 0 Å². The van der Waals surface area contributed by atoms with Gasteiger partial charge in [0.15, 0.2) is 0 Å². The van der Waals surface area contributed by atoms with Crippen LogP contribution in [-0.2, 0) is 0 Å². The number of rotatable bonds is 6. The first-order valence-corrected chi connectivity index (χ1v) is 10.3. The first kappa shape index (κ1) is 20.9. The molecule has 162 valence electrons. The van der Waals surface area contributed by atoms with E-state index in [1.54, 1.807) is 11.0 Å². The normalized spacial score (nSPS) is 18.7. The molecule has 0 bridgehead atoms. The molecule has 1 aliphatic heterocycles. The van der Waals surface area contributed by atoms with E-state index in [2.05, 4.69) is 15.2 Å². The summed E-state index contributed by atoms with van der Waals surface area (Å²) in [5.41, 5.74) is 0.262. The molecule has 0 aliphatic carbocycles. The maximum absolute atomic E-state index is 14.8. The third-order valence-electron chi connectivity index (χ3n) is 5.58. The topological polar surface area (TPSA) is 73.1 Å². The van der Waals surface area contributed by atoms with Crippen molar-refractivity contribution in [1.29, 1.82) is 0 Å². The predicted molar refractivity (Wildman–Crippen MR) is 109 cm³/mol. The van der Waals surface area contributed by atoms with E-state index in [0.717, 1.165) is 19.0 Å². The Bertz CT molecular complexity index is 1030. The summed E-state index contributed by atoms with van der Waals surface area (Å²) in [6.45, 7) is 2.87. The zero-order chi connectivity index (χ0) is 21.8. The van der Waals surface area contributed by atoms with Gasteiger partial charge in [-0.2, -0.15) is 15.0 Å². The Balaban J connectivity index is 1.56. The monoisotopic (exact) mass is 427 g/mol. The molecule has 31 heavy (non-hydrogen) atoms. The SMILES string of the molecule is CCC1C(COc2ccc(F)cn2)CCCN1C(=O)c1c(F)cccc1-n1nccn1. The number of likely N-dealkylation sites (tertiary alicyclic amines) is 1. The van der Waals surface area contributed by atoms with Crippen LogP contribution >= 0.6 is 0 Å². The van der Waals surface area contributed by atoms with Gasteiger partial charge >= 0.3 is 0 Å². The Hall–Kier alpha value is -3.36. The lowest BCUT2D eigenvalue weighted by Gasteiger charge is -2.41. The Morgan fingerprint density at radius 2 is 2.00 bits per heavy atom. The second kappa shape index (κ2) is 9.20. The van der Waals surface area contributed by atoms with Crippen LogP contribution < -0.4 is 4.74 Å². The summed E-state index contributed by atoms with van der Waals surface area (Å²) in [7, 11) is 0. The number of hydrogen-bond donors (Lipinski definition) is 0. The average Bonchev–Trinajstić information content (AvgIpc) is 3.32. The summed E-state index contributed by atoms with van der Waals surface area (Å²) in [5.74, 6) is -1.04. The van der Waals surface area contributed by atoms with Gasteiger partial charge in [-0.05, 0) is 37.5 Å². The van der Waals surface area contributed by atoms with Gasteiger partial charge in [0.2, 0.25) is 5.88 Å². The lowest BCUT2D eigenvalue weighted by molar-refractivity contribution is 0.0388. The number of carbonyl (C=O) groups is 1. The molecule has 1 aliphatic rings. The highest BCUT2D eigenvalue weighted by Gasteiger charge is 2.36. The minimum Gasteiger partial charge on any atom is -0.477 e. The zero-order valence-electron chi connectivity index (χ0n) is 17.1. The first-order valence-electron chi connectivity index (χ1n) is 10.3. The lowest BCUT2D eigenvalue weighted by atomic mass is 9.87. The molecule has 3 heterocycles. The van der Waals surface area contributed by atoms with Crippen molar-refractivity contribution in [3.63, 3.8) is 0 Å². The highest BCUT2D eigenvalue weighted by Crippen LogP contribution is 2.30. The molecular formula is C22H23F2N5O2. The number of nitrogens with zero attached hydrogens (tertiary/aromatic N) is 5. The van der Waals surface area contributed by atoms with Gasteiger partial charge in [0, 0.05) is 24.6 Å². The summed E-state index contributed by atoms with van der Waals surface area (Å²) in [4.78, 5) is 20.4. The summed E-state index contributed by atoms with van der Waals surface area (Å²) >= 11 is 0. The molecule has 0 N–H and O–H groups in total. The fraction of sp³-hybridized carbons (Fsp3) is 0.364. The van der Waals surface area contributed by atoms with Crippen LogP contribution in [0.2, 0.25) is 0 Å². The molecule has 0 radical (unpaired) electrons. The maximum Gasteiger partial charge on any atom is 0.259 e. The molecule has 1 fully saturated rings. The number of hydrogen-bond acceptors (Lipinski definition) is 5. The fourth-order valence-electron chi connectivity index (χ4n) is 4.15. The maximum atomic E-state index is 14.8. The fourth-order valence-corrected chi connectivity index (χ4v) is 4.15. The van der Waals surface area contributed by atoms with Crippen molar-refractivity contribution >= 4 is 5.91 Å². The molecule has 1 aromatic carbocycles. The summed E-state index contributed by atoms with van der Waals surface area (Å²) < 4.78 is 33.6. The van der Waals surface area contributed by atoms with Gasteiger partial charge < -0.3 is 9.64 Å². The molecule has 1 amide bonds. The quantitative estimate of drug-likeness (QED) is 0.601. The summed E-state index contributed by atoms with van der Waals surface area (Å²) in [6.07, 6.45) is 6.40. The predicted octanol–water partition coefficient (Wildman–Crippen LogP) is 3.65. The smallest absolute Gasteiger partial charge is 0.259 e. The van der Waals surface area contributed by atoms with Gasteiger partial charge in [-0.25, -0.2) is 13.8 Å². The number of amides is 1. The molecule has 2 aromatic heterocycles. The van der Waals surface area contributed by atoms with Crippen LogP contribution in [-0.4, -0.2) is 50.0 Å². The number of halogens is 2. The van der Waals surface area contributed by atoms with Gasteiger partial charge in [-0.15, -0.1) is 0 Å². The highest BCUT2D eigenvalue weighted by molar-refractivity contribution is 5.98. The summed E-state index contributed by atoms with van der Waals surface area (Å²) in [5, 5.41) is 8.11. The Labute approximate surface area is 178 Å². The average molecular weight is 427 g/mol.